The molecule has 0 aliphatic carbocycles. The second-order valence-electron chi connectivity index (χ2n) is 5.63. The molecule has 2 aromatic carbocycles. The van der Waals surface area contributed by atoms with E-state index in [1.54, 1.807) is 0 Å². The number of rotatable bonds is 2. The van der Waals surface area contributed by atoms with Gasteiger partial charge in [-0.25, -0.2) is 4.98 Å². The molecule has 0 saturated carbocycles. The van der Waals surface area contributed by atoms with Crippen LogP contribution in [-0.4, -0.2) is 9.38 Å². The topological polar surface area (TPSA) is 17.3 Å². The minimum Gasteiger partial charge on any atom is -0.306 e. The van der Waals surface area contributed by atoms with Crippen LogP contribution >= 0.6 is 11.6 Å². The molecule has 4 rings (SSSR count). The Morgan fingerprint density at radius 2 is 1.61 bits per heavy atom. The normalized spacial score (nSPS) is 11.0. The average molecular weight is 319 g/mol. The van der Waals surface area contributed by atoms with Gasteiger partial charge in [0, 0.05) is 23.0 Å². The predicted molar refractivity (Wildman–Crippen MR) is 95.8 cm³/mol. The molecule has 0 fully saturated rings. The van der Waals surface area contributed by atoms with E-state index in [0.717, 1.165) is 21.9 Å². The average Bonchev–Trinajstić information content (AvgIpc) is 2.98. The van der Waals surface area contributed by atoms with Gasteiger partial charge in [-0.15, -0.1) is 0 Å². The Balaban J connectivity index is 1.85. The quantitative estimate of drug-likeness (QED) is 0.468. The zero-order valence-electron chi connectivity index (χ0n) is 12.7. The van der Waals surface area contributed by atoms with Crippen molar-refractivity contribution in [3.05, 3.63) is 83.6 Å². The van der Waals surface area contributed by atoms with E-state index in [1.807, 2.05) is 30.3 Å². The molecule has 0 aliphatic rings. The van der Waals surface area contributed by atoms with Crippen molar-refractivity contribution in [2.45, 2.75) is 6.92 Å². The molecule has 0 atom stereocenters. The maximum Gasteiger partial charge on any atom is 0.138 e. The third-order valence-electron chi connectivity index (χ3n) is 4.02. The molecule has 0 unspecified atom stereocenters. The van der Waals surface area contributed by atoms with E-state index in [9.17, 15) is 0 Å². The van der Waals surface area contributed by atoms with Gasteiger partial charge < -0.3 is 4.40 Å². The van der Waals surface area contributed by atoms with Crippen molar-refractivity contribution in [1.82, 2.24) is 9.38 Å². The number of hydrogen-bond donors (Lipinski definition) is 0. The largest absolute Gasteiger partial charge is 0.306 e. The Morgan fingerprint density at radius 1 is 0.870 bits per heavy atom. The molecule has 0 bridgehead atoms. The molecule has 112 valence electrons. The van der Waals surface area contributed by atoms with Crippen LogP contribution in [0.2, 0.25) is 5.02 Å². The third-order valence-corrected chi connectivity index (χ3v) is 4.27. The standard InChI is InChI=1S/C20H15ClN2/c1-14-12-23-13-19(16-7-9-17(21)10-8-16)22-20(23)11-18(14)15-5-3-2-4-6-15/h2-13H,1H3. The van der Waals surface area contributed by atoms with Gasteiger partial charge >= 0.3 is 0 Å². The van der Waals surface area contributed by atoms with Gasteiger partial charge in [0.25, 0.3) is 0 Å². The molecule has 4 aromatic rings. The Morgan fingerprint density at radius 3 is 2.35 bits per heavy atom. The lowest BCUT2D eigenvalue weighted by molar-refractivity contribution is 1.16. The van der Waals surface area contributed by atoms with E-state index < -0.39 is 0 Å². The van der Waals surface area contributed by atoms with Crippen LogP contribution in [0.25, 0.3) is 28.0 Å². The molecule has 0 saturated heterocycles. The first-order valence-corrected chi connectivity index (χ1v) is 7.89. The number of aryl methyl sites for hydroxylation is 1. The van der Waals surface area contributed by atoms with E-state index in [0.29, 0.717) is 0 Å². The summed E-state index contributed by atoms with van der Waals surface area (Å²) in [5.41, 5.74) is 6.61. The summed E-state index contributed by atoms with van der Waals surface area (Å²) in [4.78, 5) is 4.76. The number of pyridine rings is 1. The van der Waals surface area contributed by atoms with Crippen LogP contribution in [0.5, 0.6) is 0 Å². The monoisotopic (exact) mass is 318 g/mol. The van der Waals surface area contributed by atoms with Crippen molar-refractivity contribution in [1.29, 1.82) is 0 Å². The molecule has 0 amide bonds. The Hall–Kier alpha value is -2.58. The maximum atomic E-state index is 5.96. The molecule has 0 radical (unpaired) electrons. The zero-order valence-corrected chi connectivity index (χ0v) is 13.5. The van der Waals surface area contributed by atoms with E-state index in [4.69, 9.17) is 16.6 Å². The number of hydrogen-bond acceptors (Lipinski definition) is 1. The van der Waals surface area contributed by atoms with Crippen molar-refractivity contribution in [3.8, 4) is 22.4 Å². The van der Waals surface area contributed by atoms with Gasteiger partial charge in [0.1, 0.15) is 5.65 Å². The first-order chi connectivity index (χ1) is 11.2. The summed E-state index contributed by atoms with van der Waals surface area (Å²) in [6, 6.07) is 20.3. The summed E-state index contributed by atoms with van der Waals surface area (Å²) in [7, 11) is 0. The SMILES string of the molecule is Cc1cn2cc(-c3ccc(Cl)cc3)nc2cc1-c1ccccc1. The number of imidazole rings is 1. The summed E-state index contributed by atoms with van der Waals surface area (Å²) >= 11 is 5.96. The van der Waals surface area contributed by atoms with Crippen LogP contribution < -0.4 is 0 Å². The second kappa shape index (κ2) is 5.56. The van der Waals surface area contributed by atoms with Crippen molar-refractivity contribution in [2.75, 3.05) is 0 Å². The van der Waals surface area contributed by atoms with Gasteiger partial charge in [-0.1, -0.05) is 54.1 Å². The fourth-order valence-corrected chi connectivity index (χ4v) is 2.95. The number of halogens is 1. The predicted octanol–water partition coefficient (Wildman–Crippen LogP) is 5.63. The van der Waals surface area contributed by atoms with Crippen molar-refractivity contribution < 1.29 is 0 Å². The molecule has 2 nitrogen and oxygen atoms in total. The van der Waals surface area contributed by atoms with Crippen LogP contribution in [0.15, 0.2) is 73.1 Å². The molecule has 0 spiro atoms. The van der Waals surface area contributed by atoms with Crippen molar-refractivity contribution in [2.24, 2.45) is 0 Å². The highest BCUT2D eigenvalue weighted by Gasteiger charge is 2.08. The van der Waals surface area contributed by atoms with Crippen LogP contribution in [-0.2, 0) is 0 Å². The van der Waals surface area contributed by atoms with Crippen LogP contribution in [0.1, 0.15) is 5.56 Å². The maximum absolute atomic E-state index is 5.96. The molecule has 2 heterocycles. The summed E-state index contributed by atoms with van der Waals surface area (Å²) in [6.07, 6.45) is 4.18. The fraction of sp³-hybridized carbons (Fsp3) is 0.0500. The number of benzene rings is 2. The molecule has 0 N–H and O–H groups in total. The van der Waals surface area contributed by atoms with Gasteiger partial charge in [-0.05, 0) is 41.8 Å². The molecular formula is C20H15ClN2. The van der Waals surface area contributed by atoms with E-state index in [1.165, 1.54) is 16.7 Å². The number of fused-ring (bicyclic) bond motifs is 1. The Bertz CT molecular complexity index is 970. The number of aromatic nitrogens is 2. The molecule has 0 aliphatic heterocycles. The lowest BCUT2D eigenvalue weighted by atomic mass is 10.0. The second-order valence-corrected chi connectivity index (χ2v) is 6.07. The van der Waals surface area contributed by atoms with E-state index in [-0.39, 0.29) is 0 Å². The zero-order chi connectivity index (χ0) is 15.8. The summed E-state index contributed by atoms with van der Waals surface area (Å²) in [5.74, 6) is 0. The molecule has 3 heteroatoms. The summed E-state index contributed by atoms with van der Waals surface area (Å²) in [6.45, 7) is 2.13. The van der Waals surface area contributed by atoms with E-state index >= 15 is 0 Å². The van der Waals surface area contributed by atoms with Crippen LogP contribution in [0.3, 0.4) is 0 Å². The first-order valence-electron chi connectivity index (χ1n) is 7.51. The van der Waals surface area contributed by atoms with Crippen LogP contribution in [0, 0.1) is 6.92 Å². The Kier molecular flexibility index (Phi) is 3.40. The van der Waals surface area contributed by atoms with E-state index in [2.05, 4.69) is 54.0 Å². The van der Waals surface area contributed by atoms with Gasteiger partial charge in [0.05, 0.1) is 5.69 Å². The minimum absolute atomic E-state index is 0.736. The fourth-order valence-electron chi connectivity index (χ4n) is 2.83. The molecule has 23 heavy (non-hydrogen) atoms. The first kappa shape index (κ1) is 14.0. The van der Waals surface area contributed by atoms with Crippen molar-refractivity contribution >= 4 is 17.2 Å². The van der Waals surface area contributed by atoms with Gasteiger partial charge in [0.15, 0.2) is 0 Å². The third kappa shape index (κ3) is 2.62. The minimum atomic E-state index is 0.736. The lowest BCUT2D eigenvalue weighted by Crippen LogP contribution is -1.89. The van der Waals surface area contributed by atoms with Gasteiger partial charge in [-0.2, -0.15) is 0 Å². The molecule has 2 aromatic heterocycles. The Labute approximate surface area is 140 Å². The summed E-state index contributed by atoms with van der Waals surface area (Å²) < 4.78 is 2.08. The summed E-state index contributed by atoms with van der Waals surface area (Å²) in [5, 5.41) is 0.736. The highest BCUT2D eigenvalue weighted by molar-refractivity contribution is 6.30. The highest BCUT2D eigenvalue weighted by atomic mass is 35.5. The van der Waals surface area contributed by atoms with Crippen LogP contribution in [0.4, 0.5) is 0 Å². The van der Waals surface area contributed by atoms with Gasteiger partial charge in [0.2, 0.25) is 0 Å². The van der Waals surface area contributed by atoms with Crippen molar-refractivity contribution in [3.63, 3.8) is 0 Å². The van der Waals surface area contributed by atoms with Gasteiger partial charge in [-0.3, -0.25) is 0 Å². The molecular weight excluding hydrogens is 304 g/mol. The number of nitrogens with zero attached hydrogens (tertiary/aromatic N) is 2. The smallest absolute Gasteiger partial charge is 0.138 e. The lowest BCUT2D eigenvalue weighted by Gasteiger charge is -2.06. The highest BCUT2D eigenvalue weighted by Crippen LogP contribution is 2.27.